The lowest BCUT2D eigenvalue weighted by atomic mass is 10.2. The van der Waals surface area contributed by atoms with Crippen LogP contribution in [-0.2, 0) is 16.1 Å². The Kier molecular flexibility index (Phi) is 9.53. The van der Waals surface area contributed by atoms with Crippen LogP contribution >= 0.6 is 0 Å². The molecule has 2 amide bonds. The van der Waals surface area contributed by atoms with Crippen molar-refractivity contribution in [3.05, 3.63) is 53.8 Å². The average molecular weight is 474 g/mol. The number of rotatable bonds is 11. The summed E-state index contributed by atoms with van der Waals surface area (Å²) in [5.41, 5.74) is 2.48. The number of methoxy groups -OCH3 is 2. The number of ether oxygens (including phenoxy) is 3. The van der Waals surface area contributed by atoms with Gasteiger partial charge in [-0.1, -0.05) is 12.1 Å². The molecule has 0 spiro atoms. The lowest BCUT2D eigenvalue weighted by Gasteiger charge is -2.28. The van der Waals surface area contributed by atoms with E-state index in [0.29, 0.717) is 38.7 Å². The normalized spacial score (nSPS) is 15.4. The van der Waals surface area contributed by atoms with Crippen LogP contribution in [0.1, 0.15) is 25.3 Å². The van der Waals surface area contributed by atoms with Crippen LogP contribution in [0.5, 0.6) is 5.75 Å². The van der Waals surface area contributed by atoms with Gasteiger partial charge in [-0.2, -0.15) is 0 Å². The van der Waals surface area contributed by atoms with E-state index < -0.39 is 0 Å². The van der Waals surface area contributed by atoms with Crippen molar-refractivity contribution in [2.45, 2.75) is 32.4 Å². The number of carbonyl (C=O) groups is 1. The van der Waals surface area contributed by atoms with Crippen LogP contribution in [0.25, 0.3) is 0 Å². The number of anilines is 2. The van der Waals surface area contributed by atoms with Crippen LogP contribution in [0, 0.1) is 5.82 Å². The number of amides is 2. The van der Waals surface area contributed by atoms with Crippen molar-refractivity contribution in [2.24, 2.45) is 0 Å². The fourth-order valence-electron chi connectivity index (χ4n) is 4.09. The summed E-state index contributed by atoms with van der Waals surface area (Å²) in [7, 11) is 5.08. The van der Waals surface area contributed by atoms with Gasteiger partial charge in [0, 0.05) is 70.5 Å². The summed E-state index contributed by atoms with van der Waals surface area (Å²) in [5, 5.41) is 0. The summed E-state index contributed by atoms with van der Waals surface area (Å²) in [5.74, 6) is 0.0909. The zero-order valence-electron chi connectivity index (χ0n) is 20.6. The molecule has 1 saturated heterocycles. The standard InChI is InChI=1S/C26H36FN3O4/c1-20-6-5-11-30(20)26(31)28(2)23-9-7-21(8-10-23)19-34-25-17-22(27)16-24(18-25)29(12-14-32-3)13-15-33-4/h7-10,16-18,20H,5-6,11-15,19H2,1-4H3. The summed E-state index contributed by atoms with van der Waals surface area (Å²) in [6, 6.07) is 12.7. The first-order valence-corrected chi connectivity index (χ1v) is 11.7. The number of urea groups is 1. The van der Waals surface area contributed by atoms with Gasteiger partial charge in [0.15, 0.2) is 0 Å². The maximum atomic E-state index is 14.3. The molecule has 34 heavy (non-hydrogen) atoms. The van der Waals surface area contributed by atoms with Crippen molar-refractivity contribution < 1.29 is 23.4 Å². The molecule has 3 rings (SSSR count). The lowest BCUT2D eigenvalue weighted by molar-refractivity contribution is 0.190. The second kappa shape index (κ2) is 12.6. The molecule has 8 heteroatoms. The Morgan fingerprint density at radius 2 is 1.74 bits per heavy atom. The molecule has 7 nitrogen and oxygen atoms in total. The van der Waals surface area contributed by atoms with E-state index in [9.17, 15) is 9.18 Å². The zero-order chi connectivity index (χ0) is 24.5. The molecule has 1 unspecified atom stereocenters. The lowest BCUT2D eigenvalue weighted by Crippen LogP contribution is -2.42. The van der Waals surface area contributed by atoms with Crippen molar-refractivity contribution in [3.8, 4) is 5.75 Å². The molecular weight excluding hydrogens is 437 g/mol. The number of hydrogen-bond donors (Lipinski definition) is 0. The largest absolute Gasteiger partial charge is 0.489 e. The fraction of sp³-hybridized carbons (Fsp3) is 0.500. The van der Waals surface area contributed by atoms with E-state index in [-0.39, 0.29) is 17.9 Å². The zero-order valence-corrected chi connectivity index (χ0v) is 20.6. The van der Waals surface area contributed by atoms with Crippen LogP contribution in [0.15, 0.2) is 42.5 Å². The molecule has 1 heterocycles. The summed E-state index contributed by atoms with van der Waals surface area (Å²) in [6.45, 7) is 5.47. The van der Waals surface area contributed by atoms with Gasteiger partial charge in [0.1, 0.15) is 18.2 Å². The monoisotopic (exact) mass is 473 g/mol. The van der Waals surface area contributed by atoms with Gasteiger partial charge in [0.25, 0.3) is 0 Å². The van der Waals surface area contributed by atoms with Crippen molar-refractivity contribution in [2.75, 3.05) is 63.9 Å². The van der Waals surface area contributed by atoms with Crippen LogP contribution in [0.4, 0.5) is 20.6 Å². The number of halogens is 1. The minimum Gasteiger partial charge on any atom is -0.489 e. The summed E-state index contributed by atoms with van der Waals surface area (Å²) < 4.78 is 30.6. The average Bonchev–Trinajstić information content (AvgIpc) is 3.27. The quantitative estimate of drug-likeness (QED) is 0.480. The molecule has 0 radical (unpaired) electrons. The molecular formula is C26H36FN3O4. The highest BCUT2D eigenvalue weighted by molar-refractivity contribution is 5.91. The molecule has 0 N–H and O–H groups in total. The van der Waals surface area contributed by atoms with Crippen LogP contribution in [0.3, 0.4) is 0 Å². The molecule has 0 bridgehead atoms. The third-order valence-electron chi connectivity index (χ3n) is 6.17. The van der Waals surface area contributed by atoms with E-state index in [1.807, 2.05) is 40.1 Å². The SMILES string of the molecule is COCCN(CCOC)c1cc(F)cc(OCc2ccc(N(C)C(=O)N3CCCC3C)cc2)c1. The summed E-state index contributed by atoms with van der Waals surface area (Å²) in [6.07, 6.45) is 2.10. The number of nitrogens with zero attached hydrogens (tertiary/aromatic N) is 3. The molecule has 2 aromatic rings. The van der Waals surface area contributed by atoms with E-state index in [2.05, 4.69) is 6.92 Å². The molecule has 2 aromatic carbocycles. The minimum atomic E-state index is -0.362. The van der Waals surface area contributed by atoms with Gasteiger partial charge in [-0.25, -0.2) is 9.18 Å². The Bertz CT molecular complexity index is 917. The predicted octanol–water partition coefficient (Wildman–Crippen LogP) is 4.54. The van der Waals surface area contributed by atoms with Gasteiger partial charge in [-0.3, -0.25) is 4.90 Å². The van der Waals surface area contributed by atoms with Gasteiger partial charge >= 0.3 is 6.03 Å². The topological polar surface area (TPSA) is 54.5 Å². The highest BCUT2D eigenvalue weighted by Crippen LogP contribution is 2.25. The maximum Gasteiger partial charge on any atom is 0.324 e. The van der Waals surface area contributed by atoms with Crippen molar-refractivity contribution >= 4 is 17.4 Å². The van der Waals surface area contributed by atoms with Gasteiger partial charge in [0.2, 0.25) is 0 Å². The van der Waals surface area contributed by atoms with E-state index in [1.165, 1.54) is 12.1 Å². The van der Waals surface area contributed by atoms with Gasteiger partial charge in [-0.05, 0) is 43.5 Å². The predicted molar refractivity (Wildman–Crippen MR) is 132 cm³/mol. The highest BCUT2D eigenvalue weighted by Gasteiger charge is 2.27. The fourth-order valence-corrected chi connectivity index (χ4v) is 4.09. The van der Waals surface area contributed by atoms with E-state index >= 15 is 0 Å². The smallest absolute Gasteiger partial charge is 0.324 e. The molecule has 186 valence electrons. The van der Waals surface area contributed by atoms with Gasteiger partial charge in [0.05, 0.1) is 13.2 Å². The molecule has 1 fully saturated rings. The Morgan fingerprint density at radius 3 is 2.32 bits per heavy atom. The number of carbonyl (C=O) groups excluding carboxylic acids is 1. The number of likely N-dealkylation sites (tertiary alicyclic amines) is 1. The molecule has 0 saturated carbocycles. The third-order valence-corrected chi connectivity index (χ3v) is 6.17. The Labute approximate surface area is 202 Å². The first-order chi connectivity index (χ1) is 16.4. The van der Waals surface area contributed by atoms with Gasteiger partial charge < -0.3 is 24.0 Å². The third kappa shape index (κ3) is 6.84. The van der Waals surface area contributed by atoms with E-state index in [0.717, 1.165) is 36.3 Å². The Morgan fingerprint density at radius 1 is 1.06 bits per heavy atom. The first kappa shape index (κ1) is 25.8. The Hall–Kier alpha value is -2.84. The van der Waals surface area contributed by atoms with E-state index in [4.69, 9.17) is 14.2 Å². The van der Waals surface area contributed by atoms with Crippen LogP contribution in [-0.4, -0.2) is 71.1 Å². The minimum absolute atomic E-state index is 0.0211. The van der Waals surface area contributed by atoms with Gasteiger partial charge in [-0.15, -0.1) is 0 Å². The van der Waals surface area contributed by atoms with Crippen molar-refractivity contribution in [3.63, 3.8) is 0 Å². The first-order valence-electron chi connectivity index (χ1n) is 11.7. The number of benzene rings is 2. The Balaban J connectivity index is 1.63. The second-order valence-corrected chi connectivity index (χ2v) is 8.60. The maximum absolute atomic E-state index is 14.3. The second-order valence-electron chi connectivity index (χ2n) is 8.60. The highest BCUT2D eigenvalue weighted by atomic mass is 19.1. The van der Waals surface area contributed by atoms with Crippen molar-refractivity contribution in [1.29, 1.82) is 0 Å². The summed E-state index contributed by atoms with van der Waals surface area (Å²) >= 11 is 0. The molecule has 0 aliphatic carbocycles. The molecule has 1 atom stereocenters. The number of hydrogen-bond acceptors (Lipinski definition) is 5. The van der Waals surface area contributed by atoms with Crippen LogP contribution < -0.4 is 14.5 Å². The van der Waals surface area contributed by atoms with Crippen molar-refractivity contribution in [1.82, 2.24) is 4.90 Å². The van der Waals surface area contributed by atoms with Crippen LogP contribution in [0.2, 0.25) is 0 Å². The molecule has 1 aliphatic rings. The molecule has 1 aliphatic heterocycles. The van der Waals surface area contributed by atoms with E-state index in [1.54, 1.807) is 26.2 Å². The summed E-state index contributed by atoms with van der Waals surface area (Å²) in [4.78, 5) is 18.4. The molecule has 0 aromatic heterocycles.